The van der Waals surface area contributed by atoms with E-state index in [1.807, 2.05) is 0 Å². The van der Waals surface area contributed by atoms with Crippen LogP contribution in [0.4, 0.5) is 0 Å². The fourth-order valence-corrected chi connectivity index (χ4v) is 16.6. The largest absolute Gasteiger partial charge is 0.470 e. The van der Waals surface area contributed by atoms with E-state index < -0.39 is 33.8 Å². The molecule has 0 spiro atoms. The van der Waals surface area contributed by atoms with Crippen LogP contribution in [-0.2, 0) is 12.3 Å². The molecule has 1 N–H and O–H groups in total. The molecule has 8 heteroatoms. The summed E-state index contributed by atoms with van der Waals surface area (Å²) in [5.74, 6) is 0. The van der Waals surface area contributed by atoms with Gasteiger partial charge in [-0.2, -0.15) is 0 Å². The van der Waals surface area contributed by atoms with Crippen LogP contribution in [0.2, 0.25) is 65.0 Å². The van der Waals surface area contributed by atoms with Gasteiger partial charge in [-0.25, -0.2) is 0 Å². The fourth-order valence-electron chi connectivity index (χ4n) is 2.03. The van der Waals surface area contributed by atoms with Gasteiger partial charge < -0.3 is 17.7 Å². The highest BCUT2D eigenvalue weighted by molar-refractivity contribution is 6.90. The van der Waals surface area contributed by atoms with Gasteiger partial charge in [0.1, 0.15) is 0 Å². The summed E-state index contributed by atoms with van der Waals surface area (Å²) in [6, 6.07) is 0.875. The maximum absolute atomic E-state index is 6.59. The second-order valence-corrected chi connectivity index (χ2v) is 25.4. The van der Waals surface area contributed by atoms with Gasteiger partial charge in [0.05, 0.1) is 0 Å². The zero-order valence-corrected chi connectivity index (χ0v) is 19.8. The van der Waals surface area contributed by atoms with Crippen molar-refractivity contribution in [1.29, 1.82) is 0 Å². The van der Waals surface area contributed by atoms with Crippen molar-refractivity contribution in [2.45, 2.75) is 71.9 Å². The van der Waals surface area contributed by atoms with Gasteiger partial charge in [-0.3, -0.25) is 0 Å². The number of hydrogen-bond acceptors (Lipinski definition) is 4. The zero-order valence-electron chi connectivity index (χ0n) is 15.8. The molecular weight excluding hydrogens is 330 g/mol. The zero-order chi connectivity index (χ0) is 16.9. The number of nitrogens with one attached hydrogen (secondary N) is 1. The van der Waals surface area contributed by atoms with Crippen LogP contribution in [0.1, 0.15) is 6.92 Å². The molecule has 0 atom stereocenters. The Bertz CT molecular complexity index is 267. The summed E-state index contributed by atoms with van der Waals surface area (Å²) >= 11 is 0. The van der Waals surface area contributed by atoms with Crippen molar-refractivity contribution in [3.8, 4) is 0 Å². The van der Waals surface area contributed by atoms with Gasteiger partial charge in [0.15, 0.2) is 25.0 Å². The average Bonchev–Trinajstić information content (AvgIpc) is 2.08. The van der Waals surface area contributed by atoms with Crippen LogP contribution in [0.5, 0.6) is 0 Å². The van der Waals surface area contributed by atoms with Crippen molar-refractivity contribution >= 4 is 33.8 Å². The maximum Gasteiger partial charge on any atom is 0.470 e. The Kier molecular flexibility index (Phi) is 8.27. The summed E-state index contributed by atoms with van der Waals surface area (Å²) in [7, 11) is -7.79. The molecule has 0 aliphatic heterocycles. The molecular formula is C13H37NO3Si4. The van der Waals surface area contributed by atoms with Crippen LogP contribution in [0, 0.1) is 0 Å². The molecule has 0 heterocycles. The van der Waals surface area contributed by atoms with E-state index in [1.54, 1.807) is 0 Å². The van der Waals surface area contributed by atoms with E-state index in [2.05, 4.69) is 71.2 Å². The molecule has 0 amide bonds. The highest BCUT2D eigenvalue weighted by Crippen LogP contribution is 2.28. The molecule has 0 aromatic heterocycles. The van der Waals surface area contributed by atoms with Gasteiger partial charge >= 0.3 is 8.80 Å². The first-order valence-electron chi connectivity index (χ1n) is 7.99. The van der Waals surface area contributed by atoms with Crippen molar-refractivity contribution in [2.24, 2.45) is 0 Å². The lowest BCUT2D eigenvalue weighted by molar-refractivity contribution is 0.251. The van der Waals surface area contributed by atoms with Gasteiger partial charge in [0, 0.05) is 6.04 Å². The number of rotatable bonds is 10. The first kappa shape index (κ1) is 21.7. The molecule has 0 bridgehead atoms. The summed E-state index contributed by atoms with van der Waals surface area (Å²) < 4.78 is 19.8. The van der Waals surface area contributed by atoms with Gasteiger partial charge in [-0.05, 0) is 72.0 Å². The predicted octanol–water partition coefficient (Wildman–Crippen LogP) is 4.09. The minimum absolute atomic E-state index is 0.875. The first-order valence-corrected chi connectivity index (χ1v) is 20.1. The molecule has 0 aromatic carbocycles. The lowest BCUT2D eigenvalue weighted by atomic mass is 10.7. The van der Waals surface area contributed by atoms with E-state index in [4.69, 9.17) is 12.3 Å². The SMILES string of the molecule is CCNCC[Si](O[Si](C)(C)C)(O[Si](C)(C)C)O[Si](C)(C)C. The second kappa shape index (κ2) is 8.00. The standard InChI is InChI=1S/C13H37NO3Si4/c1-11-14-12-13-21(15-18(2,3)4,16-19(5,6)7)17-20(8,9)10/h14H,11-13H2,1-10H3. The van der Waals surface area contributed by atoms with Gasteiger partial charge in [-0.1, -0.05) is 6.92 Å². The molecule has 0 saturated carbocycles. The van der Waals surface area contributed by atoms with Crippen molar-refractivity contribution < 1.29 is 12.3 Å². The molecule has 21 heavy (non-hydrogen) atoms. The Labute approximate surface area is 136 Å². The summed E-state index contributed by atoms with van der Waals surface area (Å²) in [6.45, 7) is 24.0. The summed E-state index contributed by atoms with van der Waals surface area (Å²) in [6.07, 6.45) is 0. The molecule has 0 aliphatic carbocycles. The van der Waals surface area contributed by atoms with Crippen LogP contribution >= 0.6 is 0 Å². The Hall–Kier alpha value is 0.708. The number of hydrogen-bond donors (Lipinski definition) is 1. The van der Waals surface area contributed by atoms with Crippen LogP contribution in [0.15, 0.2) is 0 Å². The summed E-state index contributed by atoms with van der Waals surface area (Å²) in [4.78, 5) is 0. The molecule has 0 aromatic rings. The molecule has 0 rings (SSSR count). The third-order valence-electron chi connectivity index (χ3n) is 2.24. The van der Waals surface area contributed by atoms with Crippen molar-refractivity contribution in [3.63, 3.8) is 0 Å². The van der Waals surface area contributed by atoms with Crippen LogP contribution in [-0.4, -0.2) is 46.8 Å². The van der Waals surface area contributed by atoms with Crippen LogP contribution in [0.25, 0.3) is 0 Å². The monoisotopic (exact) mass is 367 g/mol. The quantitative estimate of drug-likeness (QED) is 0.466. The Morgan fingerprint density at radius 1 is 0.667 bits per heavy atom. The Morgan fingerprint density at radius 2 is 1.00 bits per heavy atom. The smallest absolute Gasteiger partial charge is 0.417 e. The van der Waals surface area contributed by atoms with Gasteiger partial charge in [-0.15, -0.1) is 0 Å². The maximum atomic E-state index is 6.59. The van der Waals surface area contributed by atoms with Crippen molar-refractivity contribution in [2.75, 3.05) is 13.1 Å². The van der Waals surface area contributed by atoms with E-state index >= 15 is 0 Å². The molecule has 0 saturated heterocycles. The van der Waals surface area contributed by atoms with E-state index in [0.29, 0.717) is 0 Å². The molecule has 0 fully saturated rings. The van der Waals surface area contributed by atoms with E-state index in [1.165, 1.54) is 0 Å². The molecule has 0 unspecified atom stereocenters. The van der Waals surface area contributed by atoms with Crippen LogP contribution in [0.3, 0.4) is 0 Å². The summed E-state index contributed by atoms with van der Waals surface area (Å²) in [5, 5.41) is 3.40. The van der Waals surface area contributed by atoms with Crippen molar-refractivity contribution in [3.05, 3.63) is 0 Å². The normalized spacial score (nSPS) is 14.6. The first-order chi connectivity index (χ1) is 9.18. The molecule has 0 aliphatic rings. The highest BCUT2D eigenvalue weighted by atomic mass is 28.5. The van der Waals surface area contributed by atoms with Crippen molar-refractivity contribution in [1.82, 2.24) is 5.32 Å². The Balaban J connectivity index is 5.36. The second-order valence-electron chi connectivity index (χ2n) is 8.43. The van der Waals surface area contributed by atoms with Gasteiger partial charge in [0.25, 0.3) is 0 Å². The van der Waals surface area contributed by atoms with E-state index in [-0.39, 0.29) is 0 Å². The Morgan fingerprint density at radius 3 is 1.24 bits per heavy atom. The molecule has 4 nitrogen and oxygen atoms in total. The van der Waals surface area contributed by atoms with Gasteiger partial charge in [0.2, 0.25) is 0 Å². The molecule has 0 radical (unpaired) electrons. The lowest BCUT2D eigenvalue weighted by Crippen LogP contribution is -2.61. The predicted molar refractivity (Wildman–Crippen MR) is 102 cm³/mol. The minimum atomic E-state index is -2.62. The third-order valence-corrected chi connectivity index (χ3v) is 14.2. The third kappa shape index (κ3) is 11.9. The van der Waals surface area contributed by atoms with E-state index in [9.17, 15) is 0 Å². The summed E-state index contributed by atoms with van der Waals surface area (Å²) in [5.41, 5.74) is 0. The topological polar surface area (TPSA) is 39.7 Å². The minimum Gasteiger partial charge on any atom is -0.417 e. The molecule has 128 valence electrons. The average molecular weight is 368 g/mol. The highest BCUT2D eigenvalue weighted by Gasteiger charge is 2.49. The van der Waals surface area contributed by atoms with Crippen LogP contribution < -0.4 is 5.32 Å². The van der Waals surface area contributed by atoms with E-state index in [0.717, 1.165) is 19.1 Å². The lowest BCUT2D eigenvalue weighted by Gasteiger charge is -2.42. The fraction of sp³-hybridized carbons (Fsp3) is 1.00.